The number of fused-ring (bicyclic) bond motifs is 4. The molecule has 25 heavy (non-hydrogen) atoms. The first-order valence-corrected chi connectivity index (χ1v) is 9.50. The molecule has 5 rings (SSSR count). The average Bonchev–Trinajstić information content (AvgIpc) is 2.94. The second-order valence-corrected chi connectivity index (χ2v) is 7.63. The molecule has 4 aliphatic rings. The zero-order valence-corrected chi connectivity index (χ0v) is 15.2. The molecular formula is C19H28N4O2. The first kappa shape index (κ1) is 16.8. The number of ether oxygens (including phenoxy) is 1. The molecule has 6 nitrogen and oxygen atoms in total. The van der Waals surface area contributed by atoms with Crippen molar-refractivity contribution in [1.29, 1.82) is 0 Å². The third kappa shape index (κ3) is 3.51. The fourth-order valence-electron chi connectivity index (χ4n) is 4.42. The van der Waals surface area contributed by atoms with Crippen molar-refractivity contribution in [3.8, 4) is 0 Å². The number of carbonyl (C=O) groups is 1. The van der Waals surface area contributed by atoms with E-state index >= 15 is 0 Å². The molecule has 5 heterocycles. The molecule has 0 aliphatic carbocycles. The lowest BCUT2D eigenvalue weighted by atomic mass is 10.0. The van der Waals surface area contributed by atoms with E-state index in [4.69, 9.17) is 4.74 Å². The van der Waals surface area contributed by atoms with Crippen LogP contribution in [0.3, 0.4) is 0 Å². The minimum absolute atomic E-state index is 0.0879. The number of anilines is 1. The summed E-state index contributed by atoms with van der Waals surface area (Å²) in [6, 6.07) is 4.34. The van der Waals surface area contributed by atoms with Crippen LogP contribution in [0.2, 0.25) is 0 Å². The minimum Gasteiger partial charge on any atom is -0.372 e. The van der Waals surface area contributed by atoms with Gasteiger partial charge in [0.2, 0.25) is 0 Å². The lowest BCUT2D eigenvalue weighted by Crippen LogP contribution is -2.45. The SMILES string of the molecule is C[C@@H]1CN(c2ccnc(C(=O)N3CCN4CCC3CC4)c2)C[C@@H](C)O1. The highest BCUT2D eigenvalue weighted by Crippen LogP contribution is 2.24. The predicted octanol–water partition coefficient (Wildman–Crippen LogP) is 1.62. The average molecular weight is 344 g/mol. The van der Waals surface area contributed by atoms with Crippen LogP contribution in [0, 0.1) is 0 Å². The highest BCUT2D eigenvalue weighted by atomic mass is 16.5. The second kappa shape index (κ2) is 6.92. The lowest BCUT2D eigenvalue weighted by molar-refractivity contribution is -0.00522. The molecule has 2 bridgehead atoms. The number of morpholine rings is 1. The van der Waals surface area contributed by atoms with Gasteiger partial charge < -0.3 is 19.4 Å². The smallest absolute Gasteiger partial charge is 0.272 e. The quantitative estimate of drug-likeness (QED) is 0.816. The zero-order valence-electron chi connectivity index (χ0n) is 15.2. The maximum absolute atomic E-state index is 13.1. The third-order valence-electron chi connectivity index (χ3n) is 5.66. The number of amides is 1. The van der Waals surface area contributed by atoms with Gasteiger partial charge in [0.05, 0.1) is 12.2 Å². The number of nitrogens with zero attached hydrogens (tertiary/aromatic N) is 4. The summed E-state index contributed by atoms with van der Waals surface area (Å²) in [7, 11) is 0. The number of carbonyl (C=O) groups excluding carboxylic acids is 1. The maximum Gasteiger partial charge on any atom is 0.272 e. The summed E-state index contributed by atoms with van der Waals surface area (Å²) in [6.45, 7) is 9.93. The molecule has 0 N–H and O–H groups in total. The van der Waals surface area contributed by atoms with Crippen LogP contribution in [0.5, 0.6) is 0 Å². The second-order valence-electron chi connectivity index (χ2n) is 7.63. The fraction of sp³-hybridized carbons (Fsp3) is 0.684. The van der Waals surface area contributed by atoms with Crippen molar-refractivity contribution in [2.75, 3.05) is 44.2 Å². The third-order valence-corrected chi connectivity index (χ3v) is 5.66. The van der Waals surface area contributed by atoms with E-state index in [1.165, 1.54) is 0 Å². The summed E-state index contributed by atoms with van der Waals surface area (Å²) in [5.74, 6) is 0.0879. The molecule has 4 fully saturated rings. The van der Waals surface area contributed by atoms with E-state index in [0.29, 0.717) is 11.7 Å². The van der Waals surface area contributed by atoms with Gasteiger partial charge in [0, 0.05) is 57.2 Å². The van der Waals surface area contributed by atoms with Gasteiger partial charge >= 0.3 is 0 Å². The molecule has 1 amide bonds. The molecule has 0 spiro atoms. The summed E-state index contributed by atoms with van der Waals surface area (Å²) in [5, 5.41) is 0. The van der Waals surface area contributed by atoms with Gasteiger partial charge in [0.1, 0.15) is 5.69 Å². The Kier molecular flexibility index (Phi) is 4.65. The zero-order chi connectivity index (χ0) is 17.4. The van der Waals surface area contributed by atoms with Crippen molar-refractivity contribution in [1.82, 2.24) is 14.8 Å². The molecule has 4 saturated heterocycles. The minimum atomic E-state index is 0.0879. The standard InChI is InChI=1S/C19H28N4O2/c1-14-12-22(13-15(2)25-14)17-3-6-20-18(11-17)19(24)23-10-9-21-7-4-16(23)5-8-21/h3,6,11,14-16H,4-5,7-10,12-13H2,1-2H3/t14-,15-/m1/s1. The van der Waals surface area contributed by atoms with Crippen LogP contribution in [0.1, 0.15) is 37.2 Å². The first-order chi connectivity index (χ1) is 12.1. The molecule has 2 atom stereocenters. The van der Waals surface area contributed by atoms with Gasteiger partial charge in [0.25, 0.3) is 5.91 Å². The molecule has 1 aromatic heterocycles. The Bertz CT molecular complexity index is 620. The van der Waals surface area contributed by atoms with Gasteiger partial charge in [-0.2, -0.15) is 0 Å². The van der Waals surface area contributed by atoms with Crippen molar-refractivity contribution in [2.45, 2.75) is 44.9 Å². The molecule has 0 aromatic carbocycles. The summed E-state index contributed by atoms with van der Waals surface area (Å²) >= 11 is 0. The predicted molar refractivity (Wildman–Crippen MR) is 97.0 cm³/mol. The molecule has 0 radical (unpaired) electrons. The van der Waals surface area contributed by atoms with E-state index in [1.807, 2.05) is 12.1 Å². The van der Waals surface area contributed by atoms with Crippen molar-refractivity contribution in [3.63, 3.8) is 0 Å². The topological polar surface area (TPSA) is 48.9 Å². The molecular weight excluding hydrogens is 316 g/mol. The van der Waals surface area contributed by atoms with Gasteiger partial charge in [-0.05, 0) is 38.8 Å². The number of rotatable bonds is 2. The van der Waals surface area contributed by atoms with Crippen LogP contribution < -0.4 is 4.90 Å². The van der Waals surface area contributed by atoms with Crippen LogP contribution in [0.4, 0.5) is 5.69 Å². The Morgan fingerprint density at radius 1 is 1.12 bits per heavy atom. The number of aromatic nitrogens is 1. The Labute approximate surface area is 149 Å². The van der Waals surface area contributed by atoms with Crippen LogP contribution in [-0.2, 0) is 4.74 Å². The van der Waals surface area contributed by atoms with Gasteiger partial charge in [-0.15, -0.1) is 0 Å². The molecule has 4 aliphatic heterocycles. The summed E-state index contributed by atoms with van der Waals surface area (Å²) in [6.07, 6.45) is 4.34. The maximum atomic E-state index is 13.1. The normalized spacial score (nSPS) is 32.6. The first-order valence-electron chi connectivity index (χ1n) is 9.50. The van der Waals surface area contributed by atoms with Crippen molar-refractivity contribution < 1.29 is 9.53 Å². The van der Waals surface area contributed by atoms with E-state index in [9.17, 15) is 4.79 Å². The largest absolute Gasteiger partial charge is 0.372 e. The van der Waals surface area contributed by atoms with Gasteiger partial charge in [-0.3, -0.25) is 9.78 Å². The summed E-state index contributed by atoms with van der Waals surface area (Å²) in [5.41, 5.74) is 1.65. The number of hydrogen-bond acceptors (Lipinski definition) is 5. The van der Waals surface area contributed by atoms with E-state index in [2.05, 4.69) is 33.5 Å². The van der Waals surface area contributed by atoms with Gasteiger partial charge in [-0.25, -0.2) is 0 Å². The van der Waals surface area contributed by atoms with E-state index in [-0.39, 0.29) is 18.1 Å². The highest BCUT2D eigenvalue weighted by molar-refractivity contribution is 5.93. The summed E-state index contributed by atoms with van der Waals surface area (Å²) in [4.78, 5) is 24.3. The van der Waals surface area contributed by atoms with Crippen molar-refractivity contribution >= 4 is 11.6 Å². The summed E-state index contributed by atoms with van der Waals surface area (Å²) < 4.78 is 5.82. The Morgan fingerprint density at radius 2 is 1.84 bits per heavy atom. The van der Waals surface area contributed by atoms with E-state index in [1.54, 1.807) is 6.20 Å². The lowest BCUT2D eigenvalue weighted by Gasteiger charge is -2.37. The molecule has 6 heteroatoms. The monoisotopic (exact) mass is 344 g/mol. The molecule has 1 aromatic rings. The number of hydrogen-bond donors (Lipinski definition) is 0. The van der Waals surface area contributed by atoms with Crippen LogP contribution in [0.15, 0.2) is 18.3 Å². The fourth-order valence-corrected chi connectivity index (χ4v) is 4.42. The molecule has 0 saturated carbocycles. The Morgan fingerprint density at radius 3 is 2.56 bits per heavy atom. The Hall–Kier alpha value is -1.66. The van der Waals surface area contributed by atoms with Crippen LogP contribution in [-0.4, -0.2) is 78.2 Å². The molecule has 0 unspecified atom stereocenters. The van der Waals surface area contributed by atoms with Crippen LogP contribution in [0.25, 0.3) is 0 Å². The van der Waals surface area contributed by atoms with Crippen molar-refractivity contribution in [3.05, 3.63) is 24.0 Å². The highest BCUT2D eigenvalue weighted by Gasteiger charge is 2.33. The number of pyridine rings is 1. The van der Waals surface area contributed by atoms with E-state index < -0.39 is 0 Å². The van der Waals surface area contributed by atoms with E-state index in [0.717, 1.165) is 57.8 Å². The van der Waals surface area contributed by atoms with Gasteiger partial charge in [0.15, 0.2) is 0 Å². The Balaban J connectivity index is 1.53. The van der Waals surface area contributed by atoms with Crippen molar-refractivity contribution in [2.24, 2.45) is 0 Å². The number of piperidine rings is 1. The molecule has 136 valence electrons. The van der Waals surface area contributed by atoms with Gasteiger partial charge in [-0.1, -0.05) is 0 Å². The van der Waals surface area contributed by atoms with Crippen LogP contribution >= 0.6 is 0 Å².